The number of thiazole rings is 1. The van der Waals surface area contributed by atoms with Gasteiger partial charge in [-0.2, -0.15) is 0 Å². The monoisotopic (exact) mass is 403 g/mol. The quantitative estimate of drug-likeness (QED) is 0.613. The van der Waals surface area contributed by atoms with E-state index in [0.29, 0.717) is 17.2 Å². The number of hydrogen-bond acceptors (Lipinski definition) is 7. The van der Waals surface area contributed by atoms with Crippen LogP contribution in [0.25, 0.3) is 23.3 Å². The zero-order valence-corrected chi connectivity index (χ0v) is 16.2. The van der Waals surface area contributed by atoms with Gasteiger partial charge in [-0.05, 0) is 31.1 Å². The Morgan fingerprint density at radius 2 is 2.18 bits per heavy atom. The van der Waals surface area contributed by atoms with Gasteiger partial charge in [0.05, 0.1) is 19.9 Å². The van der Waals surface area contributed by atoms with E-state index in [1.165, 1.54) is 12.8 Å². The molecule has 1 fully saturated rings. The number of aliphatic hydroxyl groups is 1. The Bertz CT molecular complexity index is 945. The van der Waals surface area contributed by atoms with Crippen LogP contribution in [0.3, 0.4) is 0 Å². The highest BCUT2D eigenvalue weighted by molar-refractivity contribution is 7.16. The number of halogens is 1. The zero-order valence-electron chi connectivity index (χ0n) is 15.4. The second-order valence-corrected chi connectivity index (χ2v) is 7.81. The lowest BCUT2D eigenvalue weighted by Crippen LogP contribution is -2.17. The number of rotatable bonds is 8. The average molecular weight is 403 g/mol. The van der Waals surface area contributed by atoms with Crippen LogP contribution in [-0.4, -0.2) is 48.1 Å². The molecule has 1 saturated heterocycles. The molecule has 1 atom stereocenters. The molecule has 0 radical (unpaired) electrons. The fraction of sp³-hybridized carbons (Fsp3) is 0.400. The van der Waals surface area contributed by atoms with Crippen LogP contribution in [0.2, 0.25) is 0 Å². The normalized spacial score (nSPS) is 15.7. The van der Waals surface area contributed by atoms with Gasteiger partial charge in [0.1, 0.15) is 11.3 Å². The molecule has 0 spiro atoms. The third kappa shape index (κ3) is 4.34. The summed E-state index contributed by atoms with van der Waals surface area (Å²) in [4.78, 5) is 12.3. The lowest BCUT2D eigenvalue weighted by Gasteiger charge is -2.11. The Morgan fingerprint density at radius 3 is 2.96 bits per heavy atom. The van der Waals surface area contributed by atoms with Crippen molar-refractivity contribution in [3.8, 4) is 5.75 Å². The van der Waals surface area contributed by atoms with E-state index in [1.807, 2.05) is 18.3 Å². The van der Waals surface area contributed by atoms with Crippen molar-refractivity contribution >= 4 is 39.7 Å². The first-order valence-electron chi connectivity index (χ1n) is 9.34. The molecular formula is C20H22FN3O3S. The number of ether oxygens (including phenoxy) is 1. The van der Waals surface area contributed by atoms with Gasteiger partial charge < -0.3 is 19.2 Å². The van der Waals surface area contributed by atoms with Gasteiger partial charge in [0.15, 0.2) is 10.7 Å². The topological polar surface area (TPSA) is 71.6 Å². The first kappa shape index (κ1) is 18.9. The molecule has 0 saturated carbocycles. The summed E-state index contributed by atoms with van der Waals surface area (Å²) in [6.45, 7) is 1.41. The number of benzene rings is 1. The van der Waals surface area contributed by atoms with E-state index in [2.05, 4.69) is 14.9 Å². The summed E-state index contributed by atoms with van der Waals surface area (Å²) >= 11 is 1.66. The van der Waals surface area contributed by atoms with E-state index in [-0.39, 0.29) is 13.2 Å². The van der Waals surface area contributed by atoms with Crippen LogP contribution >= 0.6 is 11.3 Å². The highest BCUT2D eigenvalue weighted by atomic mass is 32.1. The zero-order chi connectivity index (χ0) is 19.3. The van der Waals surface area contributed by atoms with Crippen LogP contribution in [-0.2, 0) is 0 Å². The molecule has 3 heterocycles. The molecule has 1 N–H and O–H groups in total. The number of alkyl halides is 1. The van der Waals surface area contributed by atoms with Gasteiger partial charge in [-0.1, -0.05) is 11.3 Å². The lowest BCUT2D eigenvalue weighted by molar-refractivity contribution is 0.140. The standard InChI is InChI=1S/C20H22FN3O3S/c21-10-14(12-25)13-26-15-3-5-17-18(9-15)27-19(23-17)6-4-16-11-22-20(28-16)24-7-1-2-8-24/h3-6,9,11,14,25H,1-2,7-8,10,12-13H2/b6-4+. The van der Waals surface area contributed by atoms with E-state index < -0.39 is 12.6 Å². The van der Waals surface area contributed by atoms with Crippen LogP contribution in [0.4, 0.5) is 9.52 Å². The molecule has 2 aromatic heterocycles. The van der Waals surface area contributed by atoms with E-state index in [1.54, 1.807) is 29.5 Å². The molecule has 0 bridgehead atoms. The molecule has 1 aromatic carbocycles. The molecule has 28 heavy (non-hydrogen) atoms. The number of oxazole rings is 1. The van der Waals surface area contributed by atoms with Crippen molar-refractivity contribution in [1.29, 1.82) is 0 Å². The van der Waals surface area contributed by atoms with E-state index in [0.717, 1.165) is 28.6 Å². The van der Waals surface area contributed by atoms with Gasteiger partial charge >= 0.3 is 0 Å². The highest BCUT2D eigenvalue weighted by Crippen LogP contribution is 2.28. The van der Waals surface area contributed by atoms with Gasteiger partial charge in [0, 0.05) is 42.2 Å². The van der Waals surface area contributed by atoms with Gasteiger partial charge in [-0.25, -0.2) is 9.97 Å². The number of nitrogens with zero attached hydrogens (tertiary/aromatic N) is 3. The number of anilines is 1. The fourth-order valence-electron chi connectivity index (χ4n) is 3.01. The molecular weight excluding hydrogens is 381 g/mol. The molecule has 3 aromatic rings. The van der Waals surface area contributed by atoms with Gasteiger partial charge in [0.2, 0.25) is 5.89 Å². The van der Waals surface area contributed by atoms with Gasteiger partial charge in [0.25, 0.3) is 0 Å². The summed E-state index contributed by atoms with van der Waals surface area (Å²) in [5, 5.41) is 10.1. The van der Waals surface area contributed by atoms with Crippen molar-refractivity contribution in [2.75, 3.05) is 37.9 Å². The SMILES string of the molecule is OCC(CF)COc1ccc2nc(/C=C/c3cnc(N4CCCC4)s3)oc2c1. The smallest absolute Gasteiger partial charge is 0.220 e. The lowest BCUT2D eigenvalue weighted by atomic mass is 10.2. The molecule has 6 nitrogen and oxygen atoms in total. The highest BCUT2D eigenvalue weighted by Gasteiger charge is 2.15. The van der Waals surface area contributed by atoms with E-state index >= 15 is 0 Å². The first-order chi connectivity index (χ1) is 13.7. The molecule has 1 unspecified atom stereocenters. The molecule has 4 rings (SSSR count). The number of aliphatic hydroxyl groups excluding tert-OH is 1. The molecule has 8 heteroatoms. The largest absolute Gasteiger partial charge is 0.493 e. The van der Waals surface area contributed by atoms with E-state index in [9.17, 15) is 4.39 Å². The second kappa shape index (κ2) is 8.70. The summed E-state index contributed by atoms with van der Waals surface area (Å²) in [7, 11) is 0. The second-order valence-electron chi connectivity index (χ2n) is 6.77. The predicted molar refractivity (Wildman–Crippen MR) is 109 cm³/mol. The van der Waals surface area contributed by atoms with Crippen LogP contribution in [0.15, 0.2) is 28.8 Å². The Kier molecular flexibility index (Phi) is 5.87. The van der Waals surface area contributed by atoms with Crippen molar-refractivity contribution < 1.29 is 18.7 Å². The molecule has 0 amide bonds. The van der Waals surface area contributed by atoms with Crippen LogP contribution in [0, 0.1) is 5.92 Å². The van der Waals surface area contributed by atoms with Crippen LogP contribution < -0.4 is 9.64 Å². The van der Waals surface area contributed by atoms with Gasteiger partial charge in [-0.15, -0.1) is 0 Å². The van der Waals surface area contributed by atoms with Crippen molar-refractivity contribution in [2.45, 2.75) is 12.8 Å². The van der Waals surface area contributed by atoms with Crippen LogP contribution in [0.5, 0.6) is 5.75 Å². The summed E-state index contributed by atoms with van der Waals surface area (Å²) in [5.41, 5.74) is 1.32. The maximum Gasteiger partial charge on any atom is 0.220 e. The fourth-order valence-corrected chi connectivity index (χ4v) is 3.88. The maximum atomic E-state index is 12.6. The Balaban J connectivity index is 1.43. The minimum Gasteiger partial charge on any atom is -0.493 e. The van der Waals surface area contributed by atoms with Crippen molar-refractivity contribution in [3.05, 3.63) is 35.2 Å². The molecule has 148 valence electrons. The van der Waals surface area contributed by atoms with Crippen molar-refractivity contribution in [3.63, 3.8) is 0 Å². The Labute approximate surface area is 166 Å². The summed E-state index contributed by atoms with van der Waals surface area (Å²) < 4.78 is 23.9. The Hall–Kier alpha value is -2.45. The van der Waals surface area contributed by atoms with Gasteiger partial charge in [-0.3, -0.25) is 4.39 Å². The number of fused-ring (bicyclic) bond motifs is 1. The summed E-state index contributed by atoms with van der Waals surface area (Å²) in [6, 6.07) is 5.29. The summed E-state index contributed by atoms with van der Waals surface area (Å²) in [6.07, 6.45) is 8.10. The molecule has 0 aliphatic carbocycles. The first-order valence-corrected chi connectivity index (χ1v) is 10.2. The maximum absolute atomic E-state index is 12.6. The minimum absolute atomic E-state index is 0.115. The van der Waals surface area contributed by atoms with Crippen molar-refractivity contribution in [1.82, 2.24) is 9.97 Å². The van der Waals surface area contributed by atoms with Crippen LogP contribution in [0.1, 0.15) is 23.6 Å². The predicted octanol–water partition coefficient (Wildman–Crippen LogP) is 4.01. The number of hydrogen-bond donors (Lipinski definition) is 1. The molecule has 1 aliphatic heterocycles. The average Bonchev–Trinajstić information content (AvgIpc) is 3.46. The Morgan fingerprint density at radius 1 is 1.32 bits per heavy atom. The summed E-state index contributed by atoms with van der Waals surface area (Å²) in [5.74, 6) is 0.540. The molecule has 1 aliphatic rings. The third-order valence-corrected chi connectivity index (χ3v) is 5.64. The van der Waals surface area contributed by atoms with E-state index in [4.69, 9.17) is 14.3 Å². The third-order valence-electron chi connectivity index (χ3n) is 4.62. The minimum atomic E-state index is -0.618. The number of aromatic nitrogens is 2. The van der Waals surface area contributed by atoms with Crippen molar-refractivity contribution in [2.24, 2.45) is 5.92 Å².